The smallest absolute Gasteiger partial charge is 0.119 e. The number of rotatable bonds is 4. The molecule has 1 atom stereocenters. The van der Waals surface area contributed by atoms with Gasteiger partial charge in [-0.1, -0.05) is 42.5 Å². The second kappa shape index (κ2) is 4.60. The Morgan fingerprint density at radius 3 is 2.24 bits per heavy atom. The summed E-state index contributed by atoms with van der Waals surface area (Å²) in [5, 5.41) is 0. The molecule has 0 radical (unpaired) electrons. The van der Waals surface area contributed by atoms with Crippen LogP contribution >= 0.6 is 0 Å². The molecular weight excluding hydrogens is 212 g/mol. The first kappa shape index (κ1) is 10.4. The molecular formula is C15H14O2. The molecule has 17 heavy (non-hydrogen) atoms. The number of epoxide rings is 1. The highest BCUT2D eigenvalue weighted by Gasteiger charge is 2.22. The van der Waals surface area contributed by atoms with Crippen molar-refractivity contribution in [3.63, 3.8) is 0 Å². The minimum atomic E-state index is 0.309. The average Bonchev–Trinajstić information content (AvgIpc) is 3.22. The average molecular weight is 226 g/mol. The summed E-state index contributed by atoms with van der Waals surface area (Å²) >= 11 is 0. The van der Waals surface area contributed by atoms with Gasteiger partial charge in [0, 0.05) is 0 Å². The van der Waals surface area contributed by atoms with Gasteiger partial charge in [-0.05, 0) is 23.3 Å². The van der Waals surface area contributed by atoms with E-state index >= 15 is 0 Å². The molecule has 2 heteroatoms. The van der Waals surface area contributed by atoms with Crippen LogP contribution in [0.4, 0.5) is 0 Å². The summed E-state index contributed by atoms with van der Waals surface area (Å²) in [6, 6.07) is 18.5. The van der Waals surface area contributed by atoms with E-state index in [4.69, 9.17) is 9.47 Å². The first-order chi connectivity index (χ1) is 8.42. The molecule has 0 saturated carbocycles. The largest absolute Gasteiger partial charge is 0.491 e. The predicted octanol–water partition coefficient (Wildman–Crippen LogP) is 3.13. The van der Waals surface area contributed by atoms with Crippen LogP contribution in [-0.2, 0) is 4.74 Å². The Balaban J connectivity index is 1.70. The highest BCUT2D eigenvalue weighted by Crippen LogP contribution is 2.22. The summed E-state index contributed by atoms with van der Waals surface area (Å²) in [5.74, 6) is 0.903. The minimum Gasteiger partial charge on any atom is -0.491 e. The Morgan fingerprint density at radius 1 is 0.941 bits per heavy atom. The van der Waals surface area contributed by atoms with Crippen LogP contribution in [0.3, 0.4) is 0 Å². The summed E-state index contributed by atoms with van der Waals surface area (Å²) in [5.41, 5.74) is 2.44. The van der Waals surface area contributed by atoms with Gasteiger partial charge in [0.15, 0.2) is 0 Å². The lowest BCUT2D eigenvalue weighted by Gasteiger charge is -2.05. The maximum absolute atomic E-state index is 5.60. The summed E-state index contributed by atoms with van der Waals surface area (Å²) in [6.07, 6.45) is 0.309. The molecule has 1 saturated heterocycles. The van der Waals surface area contributed by atoms with E-state index in [1.54, 1.807) is 0 Å². The maximum atomic E-state index is 5.60. The van der Waals surface area contributed by atoms with Gasteiger partial charge >= 0.3 is 0 Å². The zero-order valence-electron chi connectivity index (χ0n) is 9.50. The number of ether oxygens (including phenoxy) is 2. The Bertz CT molecular complexity index is 472. The van der Waals surface area contributed by atoms with Crippen LogP contribution in [0.15, 0.2) is 54.6 Å². The third-order valence-electron chi connectivity index (χ3n) is 2.80. The lowest BCUT2D eigenvalue weighted by atomic mass is 10.1. The van der Waals surface area contributed by atoms with Crippen LogP contribution in [-0.4, -0.2) is 19.3 Å². The van der Waals surface area contributed by atoms with Gasteiger partial charge in [0.05, 0.1) is 6.61 Å². The zero-order valence-corrected chi connectivity index (χ0v) is 9.50. The van der Waals surface area contributed by atoms with Gasteiger partial charge in [-0.25, -0.2) is 0 Å². The quantitative estimate of drug-likeness (QED) is 0.747. The minimum absolute atomic E-state index is 0.309. The summed E-state index contributed by atoms with van der Waals surface area (Å²) in [4.78, 5) is 0. The van der Waals surface area contributed by atoms with Crippen molar-refractivity contribution in [3.8, 4) is 16.9 Å². The number of benzene rings is 2. The molecule has 2 aromatic carbocycles. The molecule has 3 rings (SSSR count). The van der Waals surface area contributed by atoms with E-state index in [1.165, 1.54) is 11.1 Å². The van der Waals surface area contributed by atoms with Crippen LogP contribution in [0, 0.1) is 0 Å². The predicted molar refractivity (Wildman–Crippen MR) is 67.1 cm³/mol. The SMILES string of the molecule is c1ccc(-c2ccc(OCC3CO3)cc2)cc1. The molecule has 86 valence electrons. The van der Waals surface area contributed by atoms with E-state index in [-0.39, 0.29) is 0 Å². The normalized spacial score (nSPS) is 17.8. The first-order valence-corrected chi connectivity index (χ1v) is 5.82. The zero-order chi connectivity index (χ0) is 11.5. The standard InChI is InChI=1S/C15H14O2/c1-2-4-12(5-3-1)13-6-8-14(9-7-13)16-10-15-11-17-15/h1-9,15H,10-11H2. The Labute approximate surface area is 101 Å². The second-order valence-corrected chi connectivity index (χ2v) is 4.16. The van der Waals surface area contributed by atoms with Gasteiger partial charge < -0.3 is 9.47 Å². The second-order valence-electron chi connectivity index (χ2n) is 4.16. The Hall–Kier alpha value is -1.80. The molecule has 2 nitrogen and oxygen atoms in total. The van der Waals surface area contributed by atoms with Gasteiger partial charge in [0.2, 0.25) is 0 Å². The molecule has 1 unspecified atom stereocenters. The molecule has 1 aliphatic heterocycles. The van der Waals surface area contributed by atoms with Crippen LogP contribution in [0.25, 0.3) is 11.1 Å². The van der Waals surface area contributed by atoms with Gasteiger partial charge in [0.25, 0.3) is 0 Å². The molecule has 1 aliphatic rings. The van der Waals surface area contributed by atoms with Crippen molar-refractivity contribution in [2.45, 2.75) is 6.10 Å². The van der Waals surface area contributed by atoms with Crippen molar-refractivity contribution in [1.29, 1.82) is 0 Å². The monoisotopic (exact) mass is 226 g/mol. The lowest BCUT2D eigenvalue weighted by Crippen LogP contribution is -2.03. The van der Waals surface area contributed by atoms with Crippen molar-refractivity contribution in [2.75, 3.05) is 13.2 Å². The summed E-state index contributed by atoms with van der Waals surface area (Å²) < 4.78 is 10.7. The third-order valence-corrected chi connectivity index (χ3v) is 2.80. The highest BCUT2D eigenvalue weighted by atomic mass is 16.6. The van der Waals surface area contributed by atoms with Gasteiger partial charge in [-0.2, -0.15) is 0 Å². The summed E-state index contributed by atoms with van der Waals surface area (Å²) in [6.45, 7) is 1.49. The van der Waals surface area contributed by atoms with E-state index in [9.17, 15) is 0 Å². The number of hydrogen-bond acceptors (Lipinski definition) is 2. The fourth-order valence-electron chi connectivity index (χ4n) is 1.73. The fraction of sp³-hybridized carbons (Fsp3) is 0.200. The molecule has 0 bridgehead atoms. The molecule has 0 amide bonds. The third kappa shape index (κ3) is 2.66. The van der Waals surface area contributed by atoms with Gasteiger partial charge in [0.1, 0.15) is 18.5 Å². The molecule has 1 fully saturated rings. The van der Waals surface area contributed by atoms with Crippen molar-refractivity contribution in [1.82, 2.24) is 0 Å². The fourth-order valence-corrected chi connectivity index (χ4v) is 1.73. The van der Waals surface area contributed by atoms with Crippen molar-refractivity contribution >= 4 is 0 Å². The van der Waals surface area contributed by atoms with Crippen LogP contribution in [0.1, 0.15) is 0 Å². The maximum Gasteiger partial charge on any atom is 0.119 e. The molecule has 0 N–H and O–H groups in total. The Morgan fingerprint density at radius 2 is 1.59 bits per heavy atom. The lowest BCUT2D eigenvalue weighted by molar-refractivity contribution is 0.263. The van der Waals surface area contributed by atoms with E-state index < -0.39 is 0 Å². The molecule has 1 heterocycles. The molecule has 2 aromatic rings. The van der Waals surface area contributed by atoms with Crippen molar-refractivity contribution < 1.29 is 9.47 Å². The van der Waals surface area contributed by atoms with Crippen LogP contribution in [0.5, 0.6) is 5.75 Å². The van der Waals surface area contributed by atoms with Crippen LogP contribution in [0.2, 0.25) is 0 Å². The first-order valence-electron chi connectivity index (χ1n) is 5.82. The van der Waals surface area contributed by atoms with Gasteiger partial charge in [-0.15, -0.1) is 0 Å². The van der Waals surface area contributed by atoms with E-state index in [0.717, 1.165) is 12.4 Å². The highest BCUT2D eigenvalue weighted by molar-refractivity contribution is 5.63. The molecule has 0 aromatic heterocycles. The van der Waals surface area contributed by atoms with Crippen molar-refractivity contribution in [2.24, 2.45) is 0 Å². The summed E-state index contributed by atoms with van der Waals surface area (Å²) in [7, 11) is 0. The van der Waals surface area contributed by atoms with Gasteiger partial charge in [-0.3, -0.25) is 0 Å². The van der Waals surface area contributed by atoms with E-state index in [1.807, 2.05) is 30.3 Å². The van der Waals surface area contributed by atoms with E-state index in [0.29, 0.717) is 12.7 Å². The van der Waals surface area contributed by atoms with Crippen LogP contribution < -0.4 is 4.74 Å². The topological polar surface area (TPSA) is 21.8 Å². The molecule has 0 spiro atoms. The van der Waals surface area contributed by atoms with E-state index in [2.05, 4.69) is 24.3 Å². The molecule has 0 aliphatic carbocycles. The Kier molecular flexibility index (Phi) is 2.80. The number of hydrogen-bond donors (Lipinski definition) is 0. The van der Waals surface area contributed by atoms with Crippen molar-refractivity contribution in [3.05, 3.63) is 54.6 Å².